The topological polar surface area (TPSA) is 70.1 Å². The van der Waals surface area contributed by atoms with Crippen LogP contribution < -0.4 is 5.73 Å². The van der Waals surface area contributed by atoms with Crippen LogP contribution in [0.4, 0.5) is 0 Å². The summed E-state index contributed by atoms with van der Waals surface area (Å²) in [5, 5.41) is 17.8. The summed E-state index contributed by atoms with van der Waals surface area (Å²) < 4.78 is 1.05. The first-order chi connectivity index (χ1) is 7.08. The number of hydrogen-bond acceptors (Lipinski definition) is 3. The average Bonchev–Trinajstić information content (AvgIpc) is 2.59. The highest BCUT2D eigenvalue weighted by molar-refractivity contribution is 7.20. The molecular weight excluding hydrogens is 208 g/mol. The van der Waals surface area contributed by atoms with E-state index in [4.69, 9.17) is 11.1 Å². The molecule has 0 amide bonds. The van der Waals surface area contributed by atoms with Gasteiger partial charge in [0, 0.05) is 4.70 Å². The number of fused-ring (bicyclic) bond motifs is 1. The summed E-state index contributed by atoms with van der Waals surface area (Å²) in [4.78, 5) is 0.771. The highest BCUT2D eigenvalue weighted by Crippen LogP contribution is 2.28. The first kappa shape index (κ1) is 10.1. The van der Waals surface area contributed by atoms with E-state index in [1.165, 1.54) is 11.3 Å². The van der Waals surface area contributed by atoms with Gasteiger partial charge in [-0.15, -0.1) is 11.3 Å². The minimum atomic E-state index is -0.461. The molecule has 0 saturated carbocycles. The molecule has 0 aliphatic rings. The quantitative estimate of drug-likeness (QED) is 0.536. The summed E-state index contributed by atoms with van der Waals surface area (Å²) in [5.74, 6) is 0.0924. The summed E-state index contributed by atoms with van der Waals surface area (Å²) in [5.41, 5.74) is 6.31. The number of amidine groups is 1. The SMILES string of the molecule is CC(O)c1ccc2cc(C(=N)N)sc2c1. The molecule has 0 aliphatic carbocycles. The summed E-state index contributed by atoms with van der Waals surface area (Å²) in [6.45, 7) is 1.74. The second-order valence-electron chi connectivity index (χ2n) is 3.50. The van der Waals surface area contributed by atoms with Crippen LogP contribution in [0.2, 0.25) is 0 Å². The zero-order valence-corrected chi connectivity index (χ0v) is 9.14. The van der Waals surface area contributed by atoms with E-state index in [2.05, 4.69) is 0 Å². The van der Waals surface area contributed by atoms with Crippen molar-refractivity contribution in [2.45, 2.75) is 13.0 Å². The van der Waals surface area contributed by atoms with Crippen molar-refractivity contribution in [3.63, 3.8) is 0 Å². The Morgan fingerprint density at radius 1 is 1.47 bits per heavy atom. The van der Waals surface area contributed by atoms with E-state index in [1.54, 1.807) is 6.92 Å². The number of thiophene rings is 1. The van der Waals surface area contributed by atoms with Crippen molar-refractivity contribution in [1.29, 1.82) is 5.41 Å². The molecule has 0 bridgehead atoms. The maximum atomic E-state index is 9.44. The molecule has 4 heteroatoms. The van der Waals surface area contributed by atoms with Crippen LogP contribution in [0.3, 0.4) is 0 Å². The summed E-state index contributed by atoms with van der Waals surface area (Å²) in [6.07, 6.45) is -0.461. The fourth-order valence-corrected chi connectivity index (χ4v) is 2.41. The van der Waals surface area contributed by atoms with Gasteiger partial charge >= 0.3 is 0 Å². The number of aliphatic hydroxyl groups is 1. The Morgan fingerprint density at radius 2 is 2.20 bits per heavy atom. The Hall–Kier alpha value is -1.39. The number of hydrogen-bond donors (Lipinski definition) is 3. The third-order valence-corrected chi connectivity index (χ3v) is 3.42. The van der Waals surface area contributed by atoms with Crippen LogP contribution in [0.25, 0.3) is 10.1 Å². The van der Waals surface area contributed by atoms with Crippen LogP contribution in [0, 0.1) is 5.41 Å². The normalized spacial score (nSPS) is 12.9. The third kappa shape index (κ3) is 1.86. The van der Waals surface area contributed by atoms with Crippen LogP contribution in [0.5, 0.6) is 0 Å². The minimum Gasteiger partial charge on any atom is -0.389 e. The van der Waals surface area contributed by atoms with Crippen molar-refractivity contribution in [3.05, 3.63) is 34.7 Å². The molecule has 0 spiro atoms. The van der Waals surface area contributed by atoms with Crippen LogP contribution in [-0.2, 0) is 0 Å². The molecule has 1 atom stereocenters. The van der Waals surface area contributed by atoms with E-state index < -0.39 is 6.10 Å². The number of nitrogens with one attached hydrogen (secondary N) is 1. The van der Waals surface area contributed by atoms with Crippen LogP contribution in [0.15, 0.2) is 24.3 Å². The van der Waals surface area contributed by atoms with Crippen molar-refractivity contribution in [2.75, 3.05) is 0 Å². The largest absolute Gasteiger partial charge is 0.389 e. The van der Waals surface area contributed by atoms with E-state index in [0.717, 1.165) is 20.5 Å². The molecule has 2 aromatic rings. The lowest BCUT2D eigenvalue weighted by molar-refractivity contribution is 0.199. The highest BCUT2D eigenvalue weighted by Gasteiger charge is 2.06. The van der Waals surface area contributed by atoms with Crippen LogP contribution in [-0.4, -0.2) is 10.9 Å². The van der Waals surface area contributed by atoms with Gasteiger partial charge in [-0.05, 0) is 30.0 Å². The third-order valence-electron chi connectivity index (χ3n) is 2.29. The Labute approximate surface area is 91.7 Å². The highest BCUT2D eigenvalue weighted by atomic mass is 32.1. The molecule has 0 fully saturated rings. The zero-order valence-electron chi connectivity index (χ0n) is 8.32. The number of aliphatic hydroxyl groups excluding tert-OH is 1. The van der Waals surface area contributed by atoms with Crippen molar-refractivity contribution in [3.8, 4) is 0 Å². The van der Waals surface area contributed by atoms with E-state index in [1.807, 2.05) is 24.3 Å². The molecule has 3 nitrogen and oxygen atoms in total. The molecular formula is C11H12N2OS. The maximum absolute atomic E-state index is 9.44. The maximum Gasteiger partial charge on any atom is 0.133 e. The Kier molecular flexibility index (Phi) is 2.46. The van der Waals surface area contributed by atoms with Gasteiger partial charge in [0.1, 0.15) is 5.84 Å². The number of benzene rings is 1. The zero-order chi connectivity index (χ0) is 11.0. The summed E-state index contributed by atoms with van der Waals surface area (Å²) in [6, 6.07) is 7.68. The predicted octanol–water partition coefficient (Wildman–Crippen LogP) is 2.24. The van der Waals surface area contributed by atoms with Gasteiger partial charge < -0.3 is 10.8 Å². The summed E-state index contributed by atoms with van der Waals surface area (Å²) >= 11 is 1.48. The van der Waals surface area contributed by atoms with Crippen molar-refractivity contribution in [2.24, 2.45) is 5.73 Å². The molecule has 1 aromatic heterocycles. The lowest BCUT2D eigenvalue weighted by atomic mass is 10.1. The Morgan fingerprint density at radius 3 is 2.80 bits per heavy atom. The van der Waals surface area contributed by atoms with Gasteiger partial charge in [-0.2, -0.15) is 0 Å². The second-order valence-corrected chi connectivity index (χ2v) is 4.58. The molecule has 2 rings (SSSR count). The van der Waals surface area contributed by atoms with Crippen molar-refractivity contribution >= 4 is 27.3 Å². The van der Waals surface area contributed by atoms with Gasteiger partial charge in [0.15, 0.2) is 0 Å². The second kappa shape index (κ2) is 3.64. The van der Waals surface area contributed by atoms with Gasteiger partial charge in [-0.1, -0.05) is 12.1 Å². The average molecular weight is 220 g/mol. The molecule has 15 heavy (non-hydrogen) atoms. The standard InChI is InChI=1S/C11H12N2OS/c1-6(14)7-2-3-8-5-10(11(12)13)15-9(8)4-7/h2-6,14H,1H3,(H3,12,13). The molecule has 0 aliphatic heterocycles. The number of rotatable bonds is 2. The van der Waals surface area contributed by atoms with Gasteiger partial charge in [-0.25, -0.2) is 0 Å². The Balaban J connectivity index is 2.57. The van der Waals surface area contributed by atoms with Gasteiger partial charge in [0.25, 0.3) is 0 Å². The van der Waals surface area contributed by atoms with E-state index in [9.17, 15) is 5.11 Å². The number of nitrogens with two attached hydrogens (primary N) is 1. The lowest BCUT2D eigenvalue weighted by Crippen LogP contribution is -2.08. The smallest absolute Gasteiger partial charge is 0.133 e. The van der Waals surface area contributed by atoms with E-state index >= 15 is 0 Å². The first-order valence-corrected chi connectivity index (χ1v) is 5.45. The van der Waals surface area contributed by atoms with Crippen LogP contribution in [0.1, 0.15) is 23.5 Å². The monoisotopic (exact) mass is 220 g/mol. The van der Waals surface area contributed by atoms with E-state index in [0.29, 0.717) is 0 Å². The molecule has 0 saturated heterocycles. The first-order valence-electron chi connectivity index (χ1n) is 4.64. The van der Waals surface area contributed by atoms with Crippen molar-refractivity contribution in [1.82, 2.24) is 0 Å². The molecule has 4 N–H and O–H groups in total. The van der Waals surface area contributed by atoms with Gasteiger partial charge in [0.2, 0.25) is 0 Å². The molecule has 0 radical (unpaired) electrons. The number of nitrogen functional groups attached to an aromatic ring is 1. The Bertz CT molecular complexity index is 516. The minimum absolute atomic E-state index is 0.0924. The van der Waals surface area contributed by atoms with Gasteiger partial charge in [-0.3, -0.25) is 5.41 Å². The van der Waals surface area contributed by atoms with E-state index in [-0.39, 0.29) is 5.84 Å². The fraction of sp³-hybridized carbons (Fsp3) is 0.182. The molecule has 1 unspecified atom stereocenters. The predicted molar refractivity (Wildman–Crippen MR) is 63.5 cm³/mol. The van der Waals surface area contributed by atoms with Crippen molar-refractivity contribution < 1.29 is 5.11 Å². The fourth-order valence-electron chi connectivity index (χ4n) is 1.44. The summed E-state index contributed by atoms with van der Waals surface area (Å²) in [7, 11) is 0. The lowest BCUT2D eigenvalue weighted by Gasteiger charge is -2.03. The molecule has 78 valence electrons. The van der Waals surface area contributed by atoms with Gasteiger partial charge in [0.05, 0.1) is 11.0 Å². The molecule has 1 heterocycles. The van der Waals surface area contributed by atoms with Crippen LogP contribution >= 0.6 is 11.3 Å². The molecule has 1 aromatic carbocycles.